The van der Waals surface area contributed by atoms with Crippen molar-refractivity contribution in [2.75, 3.05) is 7.11 Å². The second kappa shape index (κ2) is 4.44. The second-order valence-electron chi connectivity index (χ2n) is 2.88. The number of benzene rings is 1. The summed E-state index contributed by atoms with van der Waals surface area (Å²) in [4.78, 5) is 11.4. The van der Waals surface area contributed by atoms with Crippen LogP contribution in [0.4, 0.5) is 0 Å². The molecule has 0 aliphatic rings. The Labute approximate surface area is 87.1 Å². The molecule has 0 aromatic heterocycles. The summed E-state index contributed by atoms with van der Waals surface area (Å²) in [6.45, 7) is 0. The molecule has 1 rings (SSSR count). The van der Waals surface area contributed by atoms with E-state index in [4.69, 9.17) is 15.7 Å². The van der Waals surface area contributed by atoms with Gasteiger partial charge >= 0.3 is 7.59 Å². The monoisotopic (exact) mass is 229 g/mol. The summed E-state index contributed by atoms with van der Waals surface area (Å²) < 4.78 is 15.8. The van der Waals surface area contributed by atoms with E-state index in [0.29, 0.717) is 11.3 Å². The summed E-state index contributed by atoms with van der Waals surface area (Å²) >= 11 is 0. The van der Waals surface area contributed by atoms with E-state index in [-0.39, 0.29) is 0 Å². The topological polar surface area (TPSA) is 107 Å². The number of carbonyl (C=O) groups is 1. The molecule has 7 heteroatoms. The molecule has 1 aromatic rings. The van der Waals surface area contributed by atoms with Crippen LogP contribution in [0.1, 0.15) is 10.4 Å². The quantitative estimate of drug-likeness (QED) is 0.652. The van der Waals surface area contributed by atoms with Gasteiger partial charge in [-0.05, 0) is 24.3 Å². The molecule has 6 nitrogen and oxygen atoms in total. The molecule has 0 saturated carbocycles. The number of ether oxygens (including phenoxy) is 1. The molecule has 0 saturated heterocycles. The summed E-state index contributed by atoms with van der Waals surface area (Å²) in [5.74, 6) is 0.0428. The third kappa shape index (κ3) is 3.71. The second-order valence-corrected chi connectivity index (χ2v) is 4.52. The van der Waals surface area contributed by atoms with Crippen molar-refractivity contribution >= 4 is 13.5 Å². The van der Waals surface area contributed by atoms with Crippen LogP contribution in [0, 0.1) is 0 Å². The maximum Gasteiger partial charge on any atom is 0.300 e. The largest absolute Gasteiger partial charge is 0.497 e. The van der Waals surface area contributed by atoms with Crippen molar-refractivity contribution in [1.29, 1.82) is 0 Å². The molecule has 0 spiro atoms. The number of carbonyl (C=O) groups excluding carboxylic acids is 1. The summed E-state index contributed by atoms with van der Waals surface area (Å²) in [5, 5.41) is 2.00. The Hall–Kier alpha value is -1.36. The summed E-state index contributed by atoms with van der Waals surface area (Å²) in [6, 6.07) is 6.24. The lowest BCUT2D eigenvalue weighted by molar-refractivity contribution is 0.0980. The van der Waals surface area contributed by atoms with Crippen LogP contribution in [-0.4, -0.2) is 13.0 Å². The van der Waals surface area contributed by atoms with Crippen molar-refractivity contribution in [2.45, 2.75) is 0 Å². The van der Waals surface area contributed by atoms with E-state index in [1.54, 1.807) is 12.1 Å². The van der Waals surface area contributed by atoms with Gasteiger partial charge in [-0.25, -0.2) is 0 Å². The van der Waals surface area contributed by atoms with Crippen LogP contribution in [0.25, 0.3) is 0 Å². The first-order chi connectivity index (χ1) is 6.92. The number of hydrogen-bond acceptors (Lipinski definition) is 3. The first-order valence-corrected chi connectivity index (χ1v) is 5.91. The minimum absolute atomic E-state index is 0.312. The maximum atomic E-state index is 11.4. The molecule has 0 radical (unpaired) electrons. The predicted molar refractivity (Wildman–Crippen MR) is 56.4 cm³/mol. The van der Waals surface area contributed by atoms with E-state index in [1.165, 1.54) is 19.2 Å². The van der Waals surface area contributed by atoms with E-state index in [1.807, 2.05) is 5.09 Å². The molecule has 0 fully saturated rings. The number of rotatable bonds is 3. The summed E-state index contributed by atoms with van der Waals surface area (Å²) in [7, 11) is -2.02. The number of nitrogens with one attached hydrogen (secondary N) is 1. The predicted octanol–water partition coefficient (Wildman–Crippen LogP) is 0.450. The molecule has 5 N–H and O–H groups in total. The Morgan fingerprint density at radius 2 is 1.87 bits per heavy atom. The summed E-state index contributed by atoms with van der Waals surface area (Å²) in [6.07, 6.45) is 0. The zero-order valence-electron chi connectivity index (χ0n) is 8.14. The van der Waals surface area contributed by atoms with Crippen LogP contribution < -0.4 is 20.8 Å². The lowest BCUT2D eigenvalue weighted by Crippen LogP contribution is -2.28. The van der Waals surface area contributed by atoms with Crippen molar-refractivity contribution in [3.63, 3.8) is 0 Å². The number of amides is 1. The van der Waals surface area contributed by atoms with Gasteiger partial charge in [0, 0.05) is 5.56 Å². The average Bonchev–Trinajstić information content (AvgIpc) is 2.15. The fourth-order valence-electron chi connectivity index (χ4n) is 0.966. The average molecular weight is 229 g/mol. The van der Waals surface area contributed by atoms with Gasteiger partial charge in [-0.2, -0.15) is 0 Å². The van der Waals surface area contributed by atoms with Gasteiger partial charge in [0.2, 0.25) is 0 Å². The molecule has 0 unspecified atom stereocenters. The van der Waals surface area contributed by atoms with Crippen LogP contribution >= 0.6 is 7.59 Å². The van der Waals surface area contributed by atoms with Gasteiger partial charge in [0.15, 0.2) is 0 Å². The highest BCUT2D eigenvalue weighted by Crippen LogP contribution is 2.19. The van der Waals surface area contributed by atoms with Crippen molar-refractivity contribution in [2.24, 2.45) is 11.0 Å². The highest BCUT2D eigenvalue weighted by Gasteiger charge is 2.14. The van der Waals surface area contributed by atoms with Crippen LogP contribution in [0.15, 0.2) is 24.3 Å². The molecule has 15 heavy (non-hydrogen) atoms. The normalized spacial score (nSPS) is 10.9. The Morgan fingerprint density at radius 1 is 1.33 bits per heavy atom. The first-order valence-electron chi connectivity index (χ1n) is 4.06. The maximum absolute atomic E-state index is 11.4. The van der Waals surface area contributed by atoms with Crippen LogP contribution in [-0.2, 0) is 4.57 Å². The van der Waals surface area contributed by atoms with Crippen LogP contribution in [0.2, 0.25) is 0 Å². The van der Waals surface area contributed by atoms with Crippen molar-refractivity contribution in [3.05, 3.63) is 29.8 Å². The lowest BCUT2D eigenvalue weighted by atomic mass is 10.2. The van der Waals surface area contributed by atoms with Gasteiger partial charge in [-0.3, -0.25) is 25.5 Å². The molecular weight excluding hydrogens is 217 g/mol. The zero-order chi connectivity index (χ0) is 11.5. The third-order valence-electron chi connectivity index (χ3n) is 1.63. The van der Waals surface area contributed by atoms with E-state index < -0.39 is 13.5 Å². The minimum atomic E-state index is -3.54. The lowest BCUT2D eigenvalue weighted by Gasteiger charge is -2.08. The van der Waals surface area contributed by atoms with Crippen LogP contribution in [0.3, 0.4) is 0 Å². The number of nitrogens with two attached hydrogens (primary N) is 2. The number of hydrogen-bond donors (Lipinski definition) is 3. The van der Waals surface area contributed by atoms with Crippen molar-refractivity contribution in [3.8, 4) is 5.75 Å². The molecular formula is C8H12N3O3P. The smallest absolute Gasteiger partial charge is 0.300 e. The molecule has 0 aliphatic carbocycles. The Bertz CT molecular complexity index is 398. The molecule has 0 aliphatic heterocycles. The highest BCUT2D eigenvalue weighted by atomic mass is 31.2. The molecule has 0 heterocycles. The fourth-order valence-corrected chi connectivity index (χ4v) is 1.41. The van der Waals surface area contributed by atoms with E-state index in [0.717, 1.165) is 0 Å². The van der Waals surface area contributed by atoms with Crippen molar-refractivity contribution < 1.29 is 14.1 Å². The molecule has 1 aromatic carbocycles. The highest BCUT2D eigenvalue weighted by molar-refractivity contribution is 7.57. The van der Waals surface area contributed by atoms with Crippen molar-refractivity contribution in [1.82, 2.24) is 5.09 Å². The fraction of sp³-hybridized carbons (Fsp3) is 0.125. The van der Waals surface area contributed by atoms with Gasteiger partial charge in [-0.1, -0.05) is 0 Å². The molecule has 82 valence electrons. The van der Waals surface area contributed by atoms with Gasteiger partial charge in [-0.15, -0.1) is 0 Å². The van der Waals surface area contributed by atoms with Gasteiger partial charge in [0.1, 0.15) is 5.75 Å². The van der Waals surface area contributed by atoms with E-state index in [2.05, 4.69) is 0 Å². The van der Waals surface area contributed by atoms with E-state index in [9.17, 15) is 9.36 Å². The Balaban J connectivity index is 2.79. The molecule has 0 bridgehead atoms. The molecule has 1 amide bonds. The van der Waals surface area contributed by atoms with Gasteiger partial charge < -0.3 is 4.74 Å². The zero-order valence-corrected chi connectivity index (χ0v) is 9.03. The standard InChI is InChI=1S/C8H12N3O3P/c1-14-7-4-2-6(3-5-7)8(12)11-15(9,10)13/h2-5H,1H3,(H5,9,10,11,12,13). The minimum Gasteiger partial charge on any atom is -0.497 e. The summed E-state index contributed by atoms with van der Waals surface area (Å²) in [5.41, 5.74) is 10.3. The van der Waals surface area contributed by atoms with E-state index >= 15 is 0 Å². The molecule has 0 atom stereocenters. The first kappa shape index (κ1) is 11.7. The Kier molecular flexibility index (Phi) is 3.47. The third-order valence-corrected chi connectivity index (χ3v) is 2.18. The van der Waals surface area contributed by atoms with Gasteiger partial charge in [0.25, 0.3) is 5.91 Å². The van der Waals surface area contributed by atoms with Gasteiger partial charge in [0.05, 0.1) is 7.11 Å². The SMILES string of the molecule is COc1ccc(C(=O)NP(N)(N)=O)cc1. The Morgan fingerprint density at radius 3 is 2.27 bits per heavy atom. The van der Waals surface area contributed by atoms with Crippen LogP contribution in [0.5, 0.6) is 5.75 Å². The number of methoxy groups -OCH3 is 1.